The first-order valence-electron chi connectivity index (χ1n) is 13.7. The first-order valence-corrected chi connectivity index (χ1v) is 14.5. The summed E-state index contributed by atoms with van der Waals surface area (Å²) in [6, 6.07) is 4.56. The molecule has 3 aliphatic rings. The van der Waals surface area contributed by atoms with Gasteiger partial charge in [0.05, 0.1) is 20.3 Å². The maximum Gasteiger partial charge on any atom is 0.332 e. The Labute approximate surface area is 242 Å². The van der Waals surface area contributed by atoms with Crippen LogP contribution in [0.15, 0.2) is 41.0 Å². The Morgan fingerprint density at radius 3 is 2.85 bits per heavy atom. The zero-order valence-electron chi connectivity index (χ0n) is 23.0. The number of nitrogens with one attached hydrogen (secondary N) is 1. The number of urea groups is 1. The lowest BCUT2D eigenvalue weighted by atomic mass is 10.1. The van der Waals surface area contributed by atoms with Crippen molar-refractivity contribution in [2.24, 2.45) is 5.92 Å². The van der Waals surface area contributed by atoms with Crippen LogP contribution in [0.3, 0.4) is 0 Å². The SMILES string of the molecule is CCOC(=O)[C@@]12C[C@H]1/C=C\CCCCN(C)C(=O)N1C[C@H](Oc3ncc(Br)c4cc(OC)ccc34)C[C@H]1C(=O)N2. The Balaban J connectivity index is 1.42. The predicted octanol–water partition coefficient (Wildman–Crippen LogP) is 4.06. The standard InChI is InChI=1S/C29H35BrN4O6/c1-4-39-27(36)29-15-18(29)9-7-5-6-8-12-33(2)28(37)34-17-20(14-24(34)25(35)32-29)40-26-21-11-10-19(38-3)13-22(21)23(30)16-31-26/h7,9-11,13,16,18,20,24H,4-6,8,12,14-15,17H2,1-3H3,(H,32,35)/b9-7-/t18-,20-,24+,29-/m1/s1. The van der Waals surface area contributed by atoms with Crippen molar-refractivity contribution in [3.8, 4) is 11.6 Å². The smallest absolute Gasteiger partial charge is 0.332 e. The molecule has 0 bridgehead atoms. The quantitative estimate of drug-likeness (QED) is 0.399. The van der Waals surface area contributed by atoms with Crippen LogP contribution in [0.25, 0.3) is 10.8 Å². The molecular formula is C29H35BrN4O6. The van der Waals surface area contributed by atoms with E-state index in [1.165, 1.54) is 0 Å². The maximum atomic E-state index is 13.7. The van der Waals surface area contributed by atoms with Crippen molar-refractivity contribution in [1.82, 2.24) is 20.1 Å². The number of carbonyl (C=O) groups excluding carboxylic acids is 3. The Morgan fingerprint density at radius 1 is 1.25 bits per heavy atom. The molecule has 1 saturated carbocycles. The highest BCUT2D eigenvalue weighted by Crippen LogP contribution is 2.46. The monoisotopic (exact) mass is 614 g/mol. The largest absolute Gasteiger partial charge is 0.497 e. The second-order valence-corrected chi connectivity index (χ2v) is 11.4. The van der Waals surface area contributed by atoms with E-state index in [2.05, 4.69) is 32.3 Å². The van der Waals surface area contributed by atoms with Crippen LogP contribution in [0.1, 0.15) is 39.0 Å². The average molecular weight is 616 g/mol. The topological polar surface area (TPSA) is 110 Å². The molecule has 5 rings (SSSR count). The Bertz CT molecular complexity index is 1340. The Hall–Kier alpha value is -3.34. The van der Waals surface area contributed by atoms with E-state index in [-0.39, 0.29) is 37.4 Å². The van der Waals surface area contributed by atoms with Crippen LogP contribution in [0, 0.1) is 5.92 Å². The Kier molecular flexibility index (Phi) is 8.21. The number of nitrogens with zero attached hydrogens (tertiary/aromatic N) is 3. The van der Waals surface area contributed by atoms with Gasteiger partial charge in [-0.1, -0.05) is 12.2 Å². The molecule has 1 N–H and O–H groups in total. The summed E-state index contributed by atoms with van der Waals surface area (Å²) >= 11 is 3.55. The lowest BCUT2D eigenvalue weighted by Gasteiger charge is -2.30. The summed E-state index contributed by atoms with van der Waals surface area (Å²) in [7, 11) is 3.36. The number of methoxy groups -OCH3 is 1. The van der Waals surface area contributed by atoms with Crippen molar-refractivity contribution in [2.45, 2.75) is 56.7 Å². The molecule has 2 fully saturated rings. The number of rotatable bonds is 5. The molecule has 0 unspecified atom stereocenters. The summed E-state index contributed by atoms with van der Waals surface area (Å²) in [5.41, 5.74) is -1.10. The number of amides is 3. The minimum Gasteiger partial charge on any atom is -0.497 e. The fourth-order valence-electron chi connectivity index (χ4n) is 5.58. The van der Waals surface area contributed by atoms with E-state index in [4.69, 9.17) is 14.2 Å². The number of fused-ring (bicyclic) bond motifs is 3. The van der Waals surface area contributed by atoms with Gasteiger partial charge in [-0.25, -0.2) is 14.6 Å². The highest BCUT2D eigenvalue weighted by molar-refractivity contribution is 9.10. The fraction of sp³-hybridized carbons (Fsp3) is 0.517. The average Bonchev–Trinajstić information content (AvgIpc) is 3.48. The molecular weight excluding hydrogens is 580 g/mol. The summed E-state index contributed by atoms with van der Waals surface area (Å²) in [5, 5.41) is 4.64. The number of aromatic nitrogens is 1. The van der Waals surface area contributed by atoms with Crippen LogP contribution < -0.4 is 14.8 Å². The number of esters is 1. The van der Waals surface area contributed by atoms with E-state index in [9.17, 15) is 14.4 Å². The molecule has 1 aliphatic carbocycles. The van der Waals surface area contributed by atoms with Crippen LogP contribution in [0.4, 0.5) is 4.79 Å². The molecule has 2 aliphatic heterocycles. The van der Waals surface area contributed by atoms with E-state index < -0.39 is 23.7 Å². The minimum atomic E-state index is -1.10. The lowest BCUT2D eigenvalue weighted by Crippen LogP contribution is -2.55. The van der Waals surface area contributed by atoms with Gasteiger partial charge in [0.1, 0.15) is 23.4 Å². The van der Waals surface area contributed by atoms with E-state index >= 15 is 0 Å². The van der Waals surface area contributed by atoms with Crippen molar-refractivity contribution < 1.29 is 28.6 Å². The van der Waals surface area contributed by atoms with Crippen LogP contribution in [0.5, 0.6) is 11.6 Å². The van der Waals surface area contributed by atoms with Gasteiger partial charge in [-0.15, -0.1) is 0 Å². The summed E-state index contributed by atoms with van der Waals surface area (Å²) in [5.74, 6) is 0.164. The highest BCUT2D eigenvalue weighted by atomic mass is 79.9. The van der Waals surface area contributed by atoms with Crippen molar-refractivity contribution in [3.63, 3.8) is 0 Å². The number of pyridine rings is 1. The molecule has 40 heavy (non-hydrogen) atoms. The predicted molar refractivity (Wildman–Crippen MR) is 152 cm³/mol. The van der Waals surface area contributed by atoms with Crippen LogP contribution >= 0.6 is 15.9 Å². The summed E-state index contributed by atoms with van der Waals surface area (Å²) in [4.78, 5) is 47.9. The molecule has 1 aromatic heterocycles. The molecule has 0 radical (unpaired) electrons. The van der Waals surface area contributed by atoms with Gasteiger partial charge in [0, 0.05) is 47.4 Å². The first-order chi connectivity index (χ1) is 19.3. The van der Waals surface area contributed by atoms with Gasteiger partial charge in [-0.2, -0.15) is 0 Å². The Morgan fingerprint density at radius 2 is 2.08 bits per heavy atom. The summed E-state index contributed by atoms with van der Waals surface area (Å²) in [6.07, 6.45) is 8.60. The molecule has 11 heteroatoms. The number of ether oxygens (including phenoxy) is 3. The molecule has 0 spiro atoms. The zero-order chi connectivity index (χ0) is 28.4. The first kappa shape index (κ1) is 28.2. The third-order valence-electron chi connectivity index (χ3n) is 7.91. The van der Waals surface area contributed by atoms with Crippen molar-refractivity contribution in [3.05, 3.63) is 41.0 Å². The number of benzene rings is 1. The lowest BCUT2D eigenvalue weighted by molar-refractivity contribution is -0.149. The van der Waals surface area contributed by atoms with Gasteiger partial charge in [0.15, 0.2) is 0 Å². The number of halogens is 1. The second kappa shape index (κ2) is 11.6. The second-order valence-electron chi connectivity index (χ2n) is 10.6. The molecule has 3 amide bonds. The van der Waals surface area contributed by atoms with Crippen molar-refractivity contribution in [1.29, 1.82) is 0 Å². The van der Waals surface area contributed by atoms with E-state index in [1.54, 1.807) is 37.1 Å². The van der Waals surface area contributed by atoms with Gasteiger partial charge < -0.3 is 29.3 Å². The maximum absolute atomic E-state index is 13.7. The number of hydrogen-bond donors (Lipinski definition) is 1. The van der Waals surface area contributed by atoms with Gasteiger partial charge >= 0.3 is 12.0 Å². The molecule has 1 aromatic carbocycles. The number of carbonyl (C=O) groups is 3. The third kappa shape index (κ3) is 5.48. The van der Waals surface area contributed by atoms with Gasteiger partial charge in [-0.05, 0) is 66.7 Å². The van der Waals surface area contributed by atoms with E-state index in [0.717, 1.165) is 34.5 Å². The molecule has 1 saturated heterocycles. The van der Waals surface area contributed by atoms with Gasteiger partial charge in [0.25, 0.3) is 0 Å². The minimum absolute atomic E-state index is 0.131. The summed E-state index contributed by atoms with van der Waals surface area (Å²) < 4.78 is 17.9. The van der Waals surface area contributed by atoms with E-state index in [0.29, 0.717) is 24.6 Å². The normalized spacial score (nSPS) is 27.8. The summed E-state index contributed by atoms with van der Waals surface area (Å²) in [6.45, 7) is 2.77. The van der Waals surface area contributed by atoms with Gasteiger partial charge in [-0.3, -0.25) is 4.79 Å². The van der Waals surface area contributed by atoms with Crippen LogP contribution in [0.2, 0.25) is 0 Å². The van der Waals surface area contributed by atoms with Crippen LogP contribution in [-0.4, -0.2) is 84.2 Å². The fourth-order valence-corrected chi connectivity index (χ4v) is 6.01. The number of allylic oxidation sites excluding steroid dienone is 1. The zero-order valence-corrected chi connectivity index (χ0v) is 24.6. The molecule has 3 heterocycles. The van der Waals surface area contributed by atoms with Crippen molar-refractivity contribution in [2.75, 3.05) is 33.9 Å². The molecule has 10 nitrogen and oxygen atoms in total. The third-order valence-corrected chi connectivity index (χ3v) is 8.54. The van der Waals surface area contributed by atoms with E-state index in [1.807, 2.05) is 24.3 Å². The number of hydrogen-bond acceptors (Lipinski definition) is 7. The molecule has 2 aromatic rings. The molecule has 4 atom stereocenters. The highest BCUT2D eigenvalue weighted by Gasteiger charge is 2.62. The van der Waals surface area contributed by atoms with Crippen molar-refractivity contribution >= 4 is 44.6 Å². The van der Waals surface area contributed by atoms with Gasteiger partial charge in [0.2, 0.25) is 11.8 Å². The van der Waals surface area contributed by atoms with Crippen LogP contribution in [-0.2, 0) is 14.3 Å². The molecule has 214 valence electrons.